The van der Waals surface area contributed by atoms with E-state index < -0.39 is 29.9 Å². The zero-order valence-corrected chi connectivity index (χ0v) is 8.80. The van der Waals surface area contributed by atoms with Crippen LogP contribution in [-0.4, -0.2) is 58.4 Å². The molecule has 0 amide bonds. The van der Waals surface area contributed by atoms with Gasteiger partial charge in [-0.25, -0.2) is 0 Å². The molecule has 1 heterocycles. The SMILES string of the molecule is CCO[C@@H]1[C@@H](O)[C@H](O)[C@@H](CO)O[C@H]1S. The fraction of sp³-hybridized carbons (Fsp3) is 1.00. The summed E-state index contributed by atoms with van der Waals surface area (Å²) in [5.74, 6) is 0. The molecule has 6 heteroatoms. The van der Waals surface area contributed by atoms with Crippen molar-refractivity contribution in [2.75, 3.05) is 13.2 Å². The summed E-state index contributed by atoms with van der Waals surface area (Å²) in [5, 5.41) is 28.0. The van der Waals surface area contributed by atoms with E-state index in [9.17, 15) is 10.2 Å². The van der Waals surface area contributed by atoms with Crippen molar-refractivity contribution in [2.45, 2.75) is 36.8 Å². The predicted molar refractivity (Wildman–Crippen MR) is 52.2 cm³/mol. The average Bonchev–Trinajstić information content (AvgIpc) is 2.18. The first-order valence-corrected chi connectivity index (χ1v) is 5.05. The van der Waals surface area contributed by atoms with E-state index in [2.05, 4.69) is 12.6 Å². The molecule has 0 aliphatic carbocycles. The minimum absolute atomic E-state index is 0.353. The highest BCUT2D eigenvalue weighted by atomic mass is 32.1. The molecule has 0 bridgehead atoms. The van der Waals surface area contributed by atoms with Crippen molar-refractivity contribution in [1.29, 1.82) is 0 Å². The number of ether oxygens (including phenoxy) is 2. The summed E-state index contributed by atoms with van der Waals surface area (Å²) in [7, 11) is 0. The molecule has 84 valence electrons. The number of aliphatic hydroxyl groups excluding tert-OH is 3. The maximum Gasteiger partial charge on any atom is 0.129 e. The fourth-order valence-electron chi connectivity index (χ4n) is 1.44. The minimum Gasteiger partial charge on any atom is -0.394 e. The van der Waals surface area contributed by atoms with Gasteiger partial charge in [0.25, 0.3) is 0 Å². The van der Waals surface area contributed by atoms with Gasteiger partial charge in [-0.2, -0.15) is 0 Å². The summed E-state index contributed by atoms with van der Waals surface area (Å²) in [6.45, 7) is 1.82. The second kappa shape index (κ2) is 5.29. The minimum atomic E-state index is -1.14. The number of aliphatic hydroxyl groups is 3. The molecule has 5 nitrogen and oxygen atoms in total. The Bertz CT molecular complexity index is 179. The lowest BCUT2D eigenvalue weighted by atomic mass is 10.0. The molecule has 1 aliphatic heterocycles. The van der Waals surface area contributed by atoms with Crippen molar-refractivity contribution in [1.82, 2.24) is 0 Å². The molecular weight excluding hydrogens is 208 g/mol. The van der Waals surface area contributed by atoms with Gasteiger partial charge >= 0.3 is 0 Å². The third-order valence-corrected chi connectivity index (χ3v) is 2.62. The van der Waals surface area contributed by atoms with E-state index in [1.54, 1.807) is 6.92 Å². The third-order valence-electron chi connectivity index (χ3n) is 2.20. The van der Waals surface area contributed by atoms with Crippen molar-refractivity contribution in [3.05, 3.63) is 0 Å². The molecule has 0 unspecified atom stereocenters. The molecule has 0 aromatic carbocycles. The monoisotopic (exact) mass is 224 g/mol. The Morgan fingerprint density at radius 3 is 2.50 bits per heavy atom. The van der Waals surface area contributed by atoms with Crippen LogP contribution in [0.1, 0.15) is 6.92 Å². The lowest BCUT2D eigenvalue weighted by Crippen LogP contribution is -2.57. The van der Waals surface area contributed by atoms with Gasteiger partial charge in [0, 0.05) is 6.61 Å². The third kappa shape index (κ3) is 2.39. The standard InChI is InChI=1S/C8H16O5S/c1-2-12-7-6(11)5(10)4(3-9)13-8(7)14/h4-11,14H,2-3H2,1H3/t4-,5-,6+,7-,8+/m1/s1. The fourth-order valence-corrected chi connectivity index (χ4v) is 1.86. The van der Waals surface area contributed by atoms with Gasteiger partial charge in [-0.1, -0.05) is 0 Å². The number of hydrogen-bond acceptors (Lipinski definition) is 6. The molecule has 0 aromatic heterocycles. The van der Waals surface area contributed by atoms with Crippen LogP contribution in [-0.2, 0) is 9.47 Å². The van der Waals surface area contributed by atoms with Gasteiger partial charge in [-0.05, 0) is 6.92 Å². The second-order valence-corrected chi connectivity index (χ2v) is 3.66. The Labute approximate surface area is 88.1 Å². The van der Waals surface area contributed by atoms with Crippen molar-refractivity contribution in [3.63, 3.8) is 0 Å². The number of rotatable bonds is 3. The first kappa shape index (κ1) is 12.2. The Kier molecular flexibility index (Phi) is 4.62. The van der Waals surface area contributed by atoms with Crippen LogP contribution in [0.5, 0.6) is 0 Å². The quantitative estimate of drug-likeness (QED) is 0.451. The van der Waals surface area contributed by atoms with Crippen LogP contribution in [0.25, 0.3) is 0 Å². The molecule has 1 rings (SSSR count). The summed E-state index contributed by atoms with van der Waals surface area (Å²) < 4.78 is 10.3. The normalized spacial score (nSPS) is 43.9. The molecule has 0 saturated carbocycles. The van der Waals surface area contributed by atoms with E-state index in [0.717, 1.165) is 0 Å². The molecule has 0 radical (unpaired) electrons. The molecule has 0 aromatic rings. The van der Waals surface area contributed by atoms with Crippen LogP contribution in [0.2, 0.25) is 0 Å². The van der Waals surface area contributed by atoms with Crippen molar-refractivity contribution >= 4 is 12.6 Å². The molecular formula is C8H16O5S. The maximum absolute atomic E-state index is 9.63. The zero-order chi connectivity index (χ0) is 10.7. The van der Waals surface area contributed by atoms with Gasteiger partial charge in [0.1, 0.15) is 29.9 Å². The van der Waals surface area contributed by atoms with E-state index in [-0.39, 0.29) is 6.61 Å². The molecule has 0 spiro atoms. The van der Waals surface area contributed by atoms with Crippen molar-refractivity contribution in [3.8, 4) is 0 Å². The molecule has 3 N–H and O–H groups in total. The Morgan fingerprint density at radius 2 is 2.00 bits per heavy atom. The van der Waals surface area contributed by atoms with E-state index >= 15 is 0 Å². The molecule has 14 heavy (non-hydrogen) atoms. The molecule has 1 aliphatic rings. The van der Waals surface area contributed by atoms with Crippen LogP contribution in [0.15, 0.2) is 0 Å². The lowest BCUT2D eigenvalue weighted by Gasteiger charge is -2.40. The Hall–Kier alpha value is 0.150. The van der Waals surface area contributed by atoms with Crippen LogP contribution < -0.4 is 0 Å². The van der Waals surface area contributed by atoms with Gasteiger partial charge in [-0.3, -0.25) is 0 Å². The summed E-state index contributed by atoms with van der Waals surface area (Å²) in [6, 6.07) is 0. The molecule has 1 saturated heterocycles. The predicted octanol–water partition coefficient (Wildman–Crippen LogP) is -1.24. The van der Waals surface area contributed by atoms with Gasteiger partial charge in [0.2, 0.25) is 0 Å². The Balaban J connectivity index is 2.63. The van der Waals surface area contributed by atoms with Gasteiger partial charge in [0.05, 0.1) is 6.61 Å². The van der Waals surface area contributed by atoms with Crippen LogP contribution in [0.3, 0.4) is 0 Å². The van der Waals surface area contributed by atoms with Crippen molar-refractivity contribution in [2.24, 2.45) is 0 Å². The first-order valence-electron chi connectivity index (χ1n) is 4.54. The van der Waals surface area contributed by atoms with E-state index in [0.29, 0.717) is 6.61 Å². The van der Waals surface area contributed by atoms with Crippen LogP contribution in [0.4, 0.5) is 0 Å². The average molecular weight is 224 g/mol. The smallest absolute Gasteiger partial charge is 0.129 e. The maximum atomic E-state index is 9.63. The van der Waals surface area contributed by atoms with Gasteiger partial charge < -0.3 is 24.8 Å². The van der Waals surface area contributed by atoms with E-state index in [1.165, 1.54) is 0 Å². The van der Waals surface area contributed by atoms with Crippen LogP contribution >= 0.6 is 12.6 Å². The number of hydrogen-bond donors (Lipinski definition) is 4. The van der Waals surface area contributed by atoms with Gasteiger partial charge in [-0.15, -0.1) is 12.6 Å². The zero-order valence-electron chi connectivity index (χ0n) is 7.91. The van der Waals surface area contributed by atoms with Crippen molar-refractivity contribution < 1.29 is 24.8 Å². The van der Waals surface area contributed by atoms with Crippen LogP contribution in [0, 0.1) is 0 Å². The van der Waals surface area contributed by atoms with E-state index in [4.69, 9.17) is 14.6 Å². The summed E-state index contributed by atoms with van der Waals surface area (Å²) in [4.78, 5) is 0. The lowest BCUT2D eigenvalue weighted by molar-refractivity contribution is -0.217. The summed E-state index contributed by atoms with van der Waals surface area (Å²) in [6.07, 6.45) is -3.69. The Morgan fingerprint density at radius 1 is 1.36 bits per heavy atom. The highest BCUT2D eigenvalue weighted by Gasteiger charge is 2.43. The summed E-state index contributed by atoms with van der Waals surface area (Å²) in [5.41, 5.74) is -0.634. The number of thiol groups is 1. The highest BCUT2D eigenvalue weighted by Crippen LogP contribution is 2.25. The van der Waals surface area contributed by atoms with E-state index in [1.807, 2.05) is 0 Å². The second-order valence-electron chi connectivity index (χ2n) is 3.15. The largest absolute Gasteiger partial charge is 0.394 e. The molecule has 5 atom stereocenters. The van der Waals surface area contributed by atoms with Gasteiger partial charge in [0.15, 0.2) is 0 Å². The highest BCUT2D eigenvalue weighted by molar-refractivity contribution is 7.80. The summed E-state index contributed by atoms with van der Waals surface area (Å²) >= 11 is 4.07. The topological polar surface area (TPSA) is 79.2 Å². The molecule has 1 fully saturated rings. The first-order chi connectivity index (χ1) is 6.61.